The highest BCUT2D eigenvalue weighted by molar-refractivity contribution is 8.77. The molecule has 1 aliphatic heterocycles. The topological polar surface area (TPSA) is 268 Å². The van der Waals surface area contributed by atoms with E-state index in [9.17, 15) is 28.3 Å². The molecule has 3 aliphatic rings. The van der Waals surface area contributed by atoms with E-state index < -0.39 is 54.1 Å². The minimum absolute atomic E-state index is 0.00243. The number of nitrogens with two attached hydrogens (primary N) is 1. The van der Waals surface area contributed by atoms with Gasteiger partial charge < -0.3 is 34.8 Å². The van der Waals surface area contributed by atoms with Crippen LogP contribution in [-0.4, -0.2) is 68.6 Å². The first kappa shape index (κ1) is 36.2. The van der Waals surface area contributed by atoms with Gasteiger partial charge in [0.25, 0.3) is 5.56 Å². The number of imidazole rings is 1. The van der Waals surface area contributed by atoms with Crippen molar-refractivity contribution in [2.45, 2.75) is 69.1 Å². The maximum absolute atomic E-state index is 12.4. The Bertz CT molecular complexity index is 1650. The molecule has 5 rings (SSSR count). The van der Waals surface area contributed by atoms with Crippen LogP contribution < -0.4 is 11.3 Å². The van der Waals surface area contributed by atoms with Crippen molar-refractivity contribution in [3.63, 3.8) is 0 Å². The summed E-state index contributed by atoms with van der Waals surface area (Å²) in [6, 6.07) is 0. The fourth-order valence-corrected chi connectivity index (χ4v) is 11.3. The second-order valence-corrected chi connectivity index (χ2v) is 19.3. The number of anilines is 1. The van der Waals surface area contributed by atoms with Crippen molar-refractivity contribution in [3.8, 4) is 0 Å². The lowest BCUT2D eigenvalue weighted by Gasteiger charge is -2.27. The minimum Gasteiger partial charge on any atom is -0.369 e. The Morgan fingerprint density at radius 1 is 1.13 bits per heavy atom. The van der Waals surface area contributed by atoms with E-state index >= 15 is 0 Å². The van der Waals surface area contributed by atoms with Crippen molar-refractivity contribution >= 4 is 62.2 Å². The van der Waals surface area contributed by atoms with Gasteiger partial charge in [-0.15, -0.1) is 0 Å². The summed E-state index contributed by atoms with van der Waals surface area (Å²) < 4.78 is 61.0. The number of hydrogen-bond acceptors (Lipinski definition) is 14. The van der Waals surface area contributed by atoms with E-state index in [1.807, 2.05) is 0 Å². The molecule has 2 bridgehead atoms. The molecule has 23 heteroatoms. The van der Waals surface area contributed by atoms with Gasteiger partial charge in [0.2, 0.25) is 5.95 Å². The maximum atomic E-state index is 12.4. The Morgan fingerprint density at radius 3 is 2.57 bits per heavy atom. The molecule has 1 saturated heterocycles. The van der Waals surface area contributed by atoms with Gasteiger partial charge in [0, 0.05) is 11.2 Å². The van der Waals surface area contributed by atoms with Crippen LogP contribution in [0.5, 0.6) is 0 Å². The summed E-state index contributed by atoms with van der Waals surface area (Å²) in [5, 5.41) is 0. The first-order valence-corrected chi connectivity index (χ1v) is 21.0. The Balaban J connectivity index is 1.21. The number of H-pyrrole nitrogens is 1. The smallest absolute Gasteiger partial charge is 0.369 e. The molecule has 2 fully saturated rings. The van der Waals surface area contributed by atoms with E-state index in [1.54, 1.807) is 10.8 Å². The lowest BCUT2D eigenvalue weighted by atomic mass is 9.87. The van der Waals surface area contributed by atoms with Crippen LogP contribution in [-0.2, 0) is 36.3 Å². The number of ether oxygens (including phenoxy) is 2. The van der Waals surface area contributed by atoms with Crippen molar-refractivity contribution in [2.75, 3.05) is 18.3 Å². The Morgan fingerprint density at radius 2 is 1.89 bits per heavy atom. The SMILES string of the molecule is CC(C)(CCC1CC2C=CC1C2)SSCOC1C[C@H](n2cnc3c(=O)[nH]c(N)nc32)O[C@@H]1COP(=O)(O)OP(=O)(O)OP(=O)(O)O. The van der Waals surface area contributed by atoms with Gasteiger partial charge in [0.1, 0.15) is 18.3 Å². The van der Waals surface area contributed by atoms with Gasteiger partial charge in [-0.2, -0.15) is 13.6 Å². The molecular formula is C23H36N5O13P3S2. The molecule has 258 valence electrons. The summed E-state index contributed by atoms with van der Waals surface area (Å²) >= 11 is 0. The summed E-state index contributed by atoms with van der Waals surface area (Å²) in [6.07, 6.45) is 8.20. The first-order chi connectivity index (χ1) is 21.4. The predicted molar refractivity (Wildman–Crippen MR) is 168 cm³/mol. The van der Waals surface area contributed by atoms with Crippen LogP contribution in [0, 0.1) is 17.8 Å². The highest BCUT2D eigenvalue weighted by atomic mass is 33.1. The van der Waals surface area contributed by atoms with Crippen molar-refractivity contribution in [2.24, 2.45) is 17.8 Å². The molecule has 18 nitrogen and oxygen atoms in total. The molecular weight excluding hydrogens is 711 g/mol. The van der Waals surface area contributed by atoms with Crippen LogP contribution in [0.2, 0.25) is 0 Å². The number of aromatic nitrogens is 4. The van der Waals surface area contributed by atoms with Gasteiger partial charge in [-0.1, -0.05) is 33.7 Å². The van der Waals surface area contributed by atoms with Crippen LogP contribution in [0.15, 0.2) is 23.3 Å². The molecule has 7 N–H and O–H groups in total. The zero-order chi connectivity index (χ0) is 33.5. The van der Waals surface area contributed by atoms with Gasteiger partial charge >= 0.3 is 23.5 Å². The molecule has 2 aromatic rings. The number of phosphoric acid groups is 3. The van der Waals surface area contributed by atoms with Crippen LogP contribution in [0.4, 0.5) is 5.95 Å². The first-order valence-electron chi connectivity index (χ1n) is 14.2. The number of nitrogens with one attached hydrogen (secondary N) is 1. The number of hydrogen-bond donors (Lipinski definition) is 6. The van der Waals surface area contributed by atoms with Crippen LogP contribution in [0.1, 0.15) is 52.2 Å². The normalized spacial score (nSPS) is 29.0. The Labute approximate surface area is 271 Å². The zero-order valence-corrected chi connectivity index (χ0v) is 29.0. The molecule has 0 amide bonds. The lowest BCUT2D eigenvalue weighted by molar-refractivity contribution is -0.0522. The van der Waals surface area contributed by atoms with Gasteiger partial charge in [-0.25, -0.2) is 18.7 Å². The predicted octanol–water partition coefficient (Wildman–Crippen LogP) is 3.83. The maximum Gasteiger partial charge on any atom is 0.490 e. The average molecular weight is 748 g/mol. The van der Waals surface area contributed by atoms with E-state index in [2.05, 4.69) is 49.6 Å². The number of fused-ring (bicyclic) bond motifs is 3. The second kappa shape index (κ2) is 14.0. The van der Waals surface area contributed by atoms with E-state index in [0.29, 0.717) is 5.92 Å². The standard InChI is InChI=1S/C23H36N5O13P3S2/c1-23(2,6-5-15-8-13-3-4-14(15)7-13)46-45-12-37-16-9-18(28-11-25-19-20(28)26-22(24)27-21(19)29)39-17(16)10-38-43(33,34)41-44(35,36)40-42(30,31)32/h3-4,11,13-18H,5-10,12H2,1-2H3,(H,33,34)(H,35,36)(H2,30,31,32)(H3,24,26,27,29)/t13?,14?,15?,16?,17-,18-/m1/s1. The van der Waals surface area contributed by atoms with Crippen molar-refractivity contribution in [1.82, 2.24) is 19.5 Å². The molecule has 46 heavy (non-hydrogen) atoms. The number of nitrogen functional groups attached to an aromatic ring is 1. The van der Waals surface area contributed by atoms with Gasteiger partial charge in [0.15, 0.2) is 11.2 Å². The molecule has 0 radical (unpaired) electrons. The molecule has 2 aromatic heterocycles. The molecule has 8 atom stereocenters. The minimum atomic E-state index is -5.70. The van der Waals surface area contributed by atoms with Crippen LogP contribution in [0.25, 0.3) is 11.2 Å². The number of aromatic amines is 1. The Hall–Kier alpha value is -1.08. The summed E-state index contributed by atoms with van der Waals surface area (Å²) in [4.78, 5) is 59.7. The highest BCUT2D eigenvalue weighted by Crippen LogP contribution is 2.66. The second-order valence-electron chi connectivity index (χ2n) is 11.9. The summed E-state index contributed by atoms with van der Waals surface area (Å²) in [6.45, 7) is 3.64. The van der Waals surface area contributed by atoms with E-state index in [-0.39, 0.29) is 34.2 Å². The number of phosphoric ester groups is 1. The third-order valence-electron chi connectivity index (χ3n) is 7.91. The number of rotatable bonds is 16. The van der Waals surface area contributed by atoms with Gasteiger partial charge in [0.05, 0.1) is 19.0 Å². The van der Waals surface area contributed by atoms with E-state index in [0.717, 1.165) is 24.7 Å². The van der Waals surface area contributed by atoms with Crippen molar-refractivity contribution < 1.29 is 55.9 Å². The largest absolute Gasteiger partial charge is 0.490 e. The van der Waals surface area contributed by atoms with Crippen molar-refractivity contribution in [3.05, 3.63) is 28.8 Å². The molecule has 6 unspecified atom stereocenters. The molecule has 1 saturated carbocycles. The third-order valence-corrected chi connectivity index (χ3v) is 14.7. The zero-order valence-electron chi connectivity index (χ0n) is 24.7. The average Bonchev–Trinajstić information content (AvgIpc) is 3.70. The van der Waals surface area contributed by atoms with Gasteiger partial charge in [-0.05, 0) is 57.3 Å². The molecule has 2 aliphatic carbocycles. The fraction of sp³-hybridized carbons (Fsp3) is 0.696. The van der Waals surface area contributed by atoms with Crippen LogP contribution >= 0.6 is 45.1 Å². The fourth-order valence-electron chi connectivity index (χ4n) is 5.92. The van der Waals surface area contributed by atoms with E-state index in [1.165, 1.54) is 34.5 Å². The number of allylic oxidation sites excluding steroid dienone is 2. The molecule has 3 heterocycles. The lowest BCUT2D eigenvalue weighted by Crippen LogP contribution is -2.29. The quantitative estimate of drug-likeness (QED) is 0.0468. The summed E-state index contributed by atoms with van der Waals surface area (Å²) in [7, 11) is -13.5. The van der Waals surface area contributed by atoms with E-state index in [4.69, 9.17) is 29.5 Å². The number of nitrogens with zero attached hydrogens (tertiary/aromatic N) is 3. The monoisotopic (exact) mass is 747 g/mol. The van der Waals surface area contributed by atoms with Gasteiger partial charge in [-0.3, -0.25) is 18.9 Å². The van der Waals surface area contributed by atoms with Crippen molar-refractivity contribution in [1.29, 1.82) is 0 Å². The summed E-state index contributed by atoms with van der Waals surface area (Å²) in [5.74, 6) is 2.19. The molecule has 0 aromatic carbocycles. The highest BCUT2D eigenvalue weighted by Gasteiger charge is 2.44. The van der Waals surface area contributed by atoms with Crippen LogP contribution in [0.3, 0.4) is 0 Å². The molecule has 0 spiro atoms. The summed E-state index contributed by atoms with van der Waals surface area (Å²) in [5.41, 5.74) is 5.26. The third kappa shape index (κ3) is 9.54. The Kier molecular flexibility index (Phi) is 11.0.